The second-order valence-electron chi connectivity index (χ2n) is 4.77. The summed E-state index contributed by atoms with van der Waals surface area (Å²) in [4.78, 5) is 25.4. The van der Waals surface area contributed by atoms with Crippen LogP contribution in [0.15, 0.2) is 41.1 Å². The van der Waals surface area contributed by atoms with E-state index in [-0.39, 0.29) is 5.91 Å². The first-order valence-electron chi connectivity index (χ1n) is 6.29. The molecule has 0 unspecified atom stereocenters. The fraction of sp³-hybridized carbons (Fsp3) is 0.200. The van der Waals surface area contributed by atoms with E-state index in [2.05, 4.69) is 0 Å². The average Bonchev–Trinajstić information content (AvgIpc) is 2.99. The van der Waals surface area contributed by atoms with E-state index in [1.54, 1.807) is 11.4 Å². The van der Waals surface area contributed by atoms with Gasteiger partial charge in [0.05, 0.1) is 5.56 Å². The molecule has 0 saturated carbocycles. The van der Waals surface area contributed by atoms with Gasteiger partial charge >= 0.3 is 5.97 Å². The molecule has 1 atom stereocenters. The van der Waals surface area contributed by atoms with Crippen molar-refractivity contribution in [2.24, 2.45) is 0 Å². The Morgan fingerprint density at radius 1 is 1.20 bits per heavy atom. The third kappa shape index (κ3) is 2.20. The third-order valence-corrected chi connectivity index (χ3v) is 4.25. The molecule has 20 heavy (non-hydrogen) atoms. The van der Waals surface area contributed by atoms with E-state index in [0.29, 0.717) is 18.5 Å². The molecule has 0 bridgehead atoms. The minimum Gasteiger partial charge on any atom is -0.480 e. The van der Waals surface area contributed by atoms with Gasteiger partial charge in [-0.1, -0.05) is 24.3 Å². The minimum absolute atomic E-state index is 0.215. The summed E-state index contributed by atoms with van der Waals surface area (Å²) in [6.45, 7) is 0.349. The van der Waals surface area contributed by atoms with E-state index in [1.165, 1.54) is 16.2 Å². The zero-order valence-electron chi connectivity index (χ0n) is 10.7. The van der Waals surface area contributed by atoms with E-state index >= 15 is 0 Å². The fourth-order valence-corrected chi connectivity index (χ4v) is 3.14. The van der Waals surface area contributed by atoms with Crippen LogP contribution in [0.1, 0.15) is 21.5 Å². The Hall–Kier alpha value is -2.14. The number of amides is 1. The van der Waals surface area contributed by atoms with Crippen molar-refractivity contribution in [3.63, 3.8) is 0 Å². The first-order valence-corrected chi connectivity index (χ1v) is 7.24. The van der Waals surface area contributed by atoms with Gasteiger partial charge in [-0.15, -0.1) is 0 Å². The Bertz CT molecular complexity index is 651. The molecule has 1 aliphatic rings. The Morgan fingerprint density at radius 2 is 1.95 bits per heavy atom. The molecule has 2 aromatic rings. The van der Waals surface area contributed by atoms with Crippen LogP contribution in [0.25, 0.3) is 0 Å². The summed E-state index contributed by atoms with van der Waals surface area (Å²) in [6.07, 6.45) is 0.362. The van der Waals surface area contributed by atoms with Crippen LogP contribution in [0.4, 0.5) is 0 Å². The number of thiophene rings is 1. The molecule has 1 aliphatic heterocycles. The monoisotopic (exact) mass is 287 g/mol. The Labute approximate surface area is 120 Å². The van der Waals surface area contributed by atoms with Gasteiger partial charge < -0.3 is 10.0 Å². The van der Waals surface area contributed by atoms with Crippen LogP contribution < -0.4 is 0 Å². The molecule has 0 saturated heterocycles. The number of carboxylic acids is 1. The van der Waals surface area contributed by atoms with Crippen molar-refractivity contribution in [2.45, 2.75) is 19.0 Å². The third-order valence-electron chi connectivity index (χ3n) is 3.56. The standard InChI is InChI=1S/C15H13NO3S/c17-14(12-5-6-20-9-12)16-8-11-4-2-1-3-10(11)7-13(16)15(18)19/h1-6,9,13H,7-8H2,(H,18,19)/t13-/m0/s1. The molecule has 1 aromatic carbocycles. The van der Waals surface area contributed by atoms with Crippen molar-refractivity contribution in [1.29, 1.82) is 0 Å². The second kappa shape index (κ2) is 5.09. The lowest BCUT2D eigenvalue weighted by Gasteiger charge is -2.34. The molecule has 1 aromatic heterocycles. The van der Waals surface area contributed by atoms with Crippen LogP contribution in [0.5, 0.6) is 0 Å². The highest BCUT2D eigenvalue weighted by atomic mass is 32.1. The Balaban J connectivity index is 1.96. The van der Waals surface area contributed by atoms with Crippen LogP contribution in [-0.2, 0) is 17.8 Å². The maximum Gasteiger partial charge on any atom is 0.326 e. The number of fused-ring (bicyclic) bond motifs is 1. The van der Waals surface area contributed by atoms with Gasteiger partial charge in [-0.05, 0) is 22.6 Å². The lowest BCUT2D eigenvalue weighted by molar-refractivity contribution is -0.142. The summed E-state index contributed by atoms with van der Waals surface area (Å²) >= 11 is 1.43. The lowest BCUT2D eigenvalue weighted by atomic mass is 9.93. The summed E-state index contributed by atoms with van der Waals surface area (Å²) in [5.74, 6) is -1.17. The van der Waals surface area contributed by atoms with Crippen LogP contribution in [0.3, 0.4) is 0 Å². The molecule has 4 nitrogen and oxygen atoms in total. The van der Waals surface area contributed by atoms with E-state index in [4.69, 9.17) is 0 Å². The maximum atomic E-state index is 12.5. The van der Waals surface area contributed by atoms with E-state index in [1.807, 2.05) is 29.6 Å². The molecule has 5 heteroatoms. The second-order valence-corrected chi connectivity index (χ2v) is 5.55. The molecular weight excluding hydrogens is 274 g/mol. The van der Waals surface area contributed by atoms with Gasteiger partial charge in [-0.2, -0.15) is 11.3 Å². The smallest absolute Gasteiger partial charge is 0.326 e. The van der Waals surface area contributed by atoms with Gasteiger partial charge in [0.25, 0.3) is 5.91 Å². The van der Waals surface area contributed by atoms with Gasteiger partial charge in [0.1, 0.15) is 6.04 Å². The Kier molecular flexibility index (Phi) is 3.28. The van der Waals surface area contributed by atoms with Crippen LogP contribution in [0, 0.1) is 0 Å². The topological polar surface area (TPSA) is 57.6 Å². The van der Waals surface area contributed by atoms with E-state index in [9.17, 15) is 14.7 Å². The van der Waals surface area contributed by atoms with Crippen LogP contribution in [-0.4, -0.2) is 27.9 Å². The van der Waals surface area contributed by atoms with Crippen LogP contribution in [0.2, 0.25) is 0 Å². The molecule has 0 radical (unpaired) electrons. The summed E-state index contributed by atoms with van der Waals surface area (Å²) in [5.41, 5.74) is 2.59. The van der Waals surface area contributed by atoms with Crippen molar-refractivity contribution >= 4 is 23.2 Å². The Morgan fingerprint density at radius 3 is 2.60 bits per heavy atom. The van der Waals surface area contributed by atoms with Crippen molar-refractivity contribution in [3.8, 4) is 0 Å². The number of benzene rings is 1. The predicted molar refractivity (Wildman–Crippen MR) is 75.8 cm³/mol. The largest absolute Gasteiger partial charge is 0.480 e. The number of rotatable bonds is 2. The molecule has 0 fully saturated rings. The van der Waals surface area contributed by atoms with Gasteiger partial charge in [0.15, 0.2) is 0 Å². The molecule has 0 spiro atoms. The normalized spacial score (nSPS) is 17.6. The lowest BCUT2D eigenvalue weighted by Crippen LogP contribution is -2.48. The van der Waals surface area contributed by atoms with Gasteiger partial charge in [-0.3, -0.25) is 4.79 Å². The number of aliphatic carboxylic acids is 1. The highest BCUT2D eigenvalue weighted by Gasteiger charge is 2.34. The molecular formula is C15H13NO3S. The summed E-state index contributed by atoms with van der Waals surface area (Å²) < 4.78 is 0. The predicted octanol–water partition coefficient (Wildman–Crippen LogP) is 2.40. The quantitative estimate of drug-likeness (QED) is 0.922. The van der Waals surface area contributed by atoms with Gasteiger partial charge in [0, 0.05) is 18.3 Å². The van der Waals surface area contributed by atoms with Crippen molar-refractivity contribution in [3.05, 3.63) is 57.8 Å². The molecule has 0 aliphatic carbocycles. The van der Waals surface area contributed by atoms with E-state index in [0.717, 1.165) is 11.1 Å². The van der Waals surface area contributed by atoms with Gasteiger partial charge in [-0.25, -0.2) is 4.79 Å². The number of carbonyl (C=O) groups is 2. The minimum atomic E-state index is -0.955. The van der Waals surface area contributed by atoms with E-state index < -0.39 is 12.0 Å². The molecule has 2 heterocycles. The average molecular weight is 287 g/mol. The van der Waals surface area contributed by atoms with Crippen LogP contribution >= 0.6 is 11.3 Å². The molecule has 102 valence electrons. The molecule has 3 rings (SSSR count). The number of carboxylic acid groups (broad SMARTS) is 1. The summed E-state index contributed by atoms with van der Waals surface area (Å²) in [6, 6.07) is 8.62. The van der Waals surface area contributed by atoms with Gasteiger partial charge in [0.2, 0.25) is 0 Å². The highest BCUT2D eigenvalue weighted by molar-refractivity contribution is 7.08. The number of hydrogen-bond acceptors (Lipinski definition) is 3. The summed E-state index contributed by atoms with van der Waals surface area (Å²) in [7, 11) is 0. The first kappa shape index (κ1) is 12.9. The highest BCUT2D eigenvalue weighted by Crippen LogP contribution is 2.25. The number of nitrogens with zero attached hydrogens (tertiary/aromatic N) is 1. The number of carbonyl (C=O) groups excluding carboxylic acids is 1. The fourth-order valence-electron chi connectivity index (χ4n) is 2.51. The first-order chi connectivity index (χ1) is 9.66. The zero-order chi connectivity index (χ0) is 14.1. The molecule has 1 N–H and O–H groups in total. The SMILES string of the molecule is O=C(O)[C@@H]1Cc2ccccc2CN1C(=O)c1ccsc1. The summed E-state index contributed by atoms with van der Waals surface area (Å²) in [5, 5.41) is 13.0. The maximum absolute atomic E-state index is 12.5. The van der Waals surface area contributed by atoms with Crippen molar-refractivity contribution in [2.75, 3.05) is 0 Å². The molecule has 1 amide bonds. The number of hydrogen-bond donors (Lipinski definition) is 1. The van der Waals surface area contributed by atoms with Crippen molar-refractivity contribution < 1.29 is 14.7 Å². The zero-order valence-corrected chi connectivity index (χ0v) is 11.5. The van der Waals surface area contributed by atoms with Crippen molar-refractivity contribution in [1.82, 2.24) is 4.90 Å².